The fraction of sp³-hybridized carbons (Fsp3) is 0.833. The molecule has 0 saturated heterocycles. The van der Waals surface area contributed by atoms with E-state index in [9.17, 15) is 0 Å². The SMILES string of the molecule is N=C(N)NC(CCN)CCSSCCC(CCN)N=C(N)N. The van der Waals surface area contributed by atoms with Crippen LogP contribution in [0, 0.1) is 5.41 Å². The van der Waals surface area contributed by atoms with Crippen molar-refractivity contribution in [3.05, 3.63) is 0 Å². The Hall–Kier alpha value is -0.840. The van der Waals surface area contributed by atoms with Gasteiger partial charge in [-0.2, -0.15) is 0 Å². The average Bonchev–Trinajstić information content (AvgIpc) is 2.41. The fourth-order valence-corrected chi connectivity index (χ4v) is 4.15. The van der Waals surface area contributed by atoms with E-state index in [4.69, 9.17) is 34.1 Å². The van der Waals surface area contributed by atoms with Crippen molar-refractivity contribution in [1.82, 2.24) is 5.32 Å². The Balaban J connectivity index is 3.81. The van der Waals surface area contributed by atoms with Crippen LogP contribution in [0.2, 0.25) is 0 Å². The second-order valence-electron chi connectivity index (χ2n) is 4.84. The molecule has 2 unspecified atom stereocenters. The molecule has 0 radical (unpaired) electrons. The Morgan fingerprint density at radius 1 is 0.955 bits per heavy atom. The number of rotatable bonds is 13. The van der Waals surface area contributed by atoms with E-state index in [2.05, 4.69) is 10.3 Å². The van der Waals surface area contributed by atoms with Crippen molar-refractivity contribution >= 4 is 33.5 Å². The van der Waals surface area contributed by atoms with Crippen LogP contribution in [0.3, 0.4) is 0 Å². The zero-order valence-corrected chi connectivity index (χ0v) is 14.6. The highest BCUT2D eigenvalue weighted by Gasteiger charge is 2.09. The molecule has 0 rings (SSSR count). The molecule has 0 aromatic carbocycles. The molecule has 130 valence electrons. The van der Waals surface area contributed by atoms with Gasteiger partial charge < -0.3 is 34.0 Å². The monoisotopic (exact) mass is 350 g/mol. The Bertz CT molecular complexity index is 322. The van der Waals surface area contributed by atoms with Crippen LogP contribution < -0.4 is 34.0 Å². The molecule has 0 aliphatic carbocycles. The summed E-state index contributed by atoms with van der Waals surface area (Å²) in [6.45, 7) is 1.17. The summed E-state index contributed by atoms with van der Waals surface area (Å²) < 4.78 is 0. The minimum Gasteiger partial charge on any atom is -0.370 e. The van der Waals surface area contributed by atoms with Gasteiger partial charge in [-0.3, -0.25) is 10.4 Å². The highest BCUT2D eigenvalue weighted by molar-refractivity contribution is 8.76. The Kier molecular flexibility index (Phi) is 13.3. The van der Waals surface area contributed by atoms with Crippen LogP contribution in [-0.4, -0.2) is 48.6 Å². The van der Waals surface area contributed by atoms with Gasteiger partial charge in [0.25, 0.3) is 0 Å². The van der Waals surface area contributed by atoms with E-state index in [-0.39, 0.29) is 24.0 Å². The Labute approximate surface area is 140 Å². The minimum absolute atomic E-state index is 0.00188. The normalized spacial score (nSPS) is 13.4. The first-order valence-corrected chi connectivity index (χ1v) is 9.82. The van der Waals surface area contributed by atoms with Crippen LogP contribution in [0.5, 0.6) is 0 Å². The lowest BCUT2D eigenvalue weighted by Crippen LogP contribution is -2.40. The zero-order chi connectivity index (χ0) is 16.8. The van der Waals surface area contributed by atoms with Gasteiger partial charge >= 0.3 is 0 Å². The van der Waals surface area contributed by atoms with Crippen molar-refractivity contribution < 1.29 is 0 Å². The predicted molar refractivity (Wildman–Crippen MR) is 99.9 cm³/mol. The maximum absolute atomic E-state index is 7.26. The molecule has 0 heterocycles. The second kappa shape index (κ2) is 13.8. The first kappa shape index (κ1) is 21.2. The number of guanidine groups is 2. The summed E-state index contributed by atoms with van der Waals surface area (Å²) >= 11 is 0. The largest absolute Gasteiger partial charge is 0.370 e. The third-order valence-corrected chi connectivity index (χ3v) is 5.35. The molecule has 0 aromatic heterocycles. The first-order chi connectivity index (χ1) is 10.5. The molecule has 0 aliphatic rings. The summed E-state index contributed by atoms with van der Waals surface area (Å²) in [5.41, 5.74) is 27.3. The average molecular weight is 351 g/mol. The van der Waals surface area contributed by atoms with Gasteiger partial charge in [0, 0.05) is 17.5 Å². The molecule has 0 saturated carbocycles. The molecule has 0 aliphatic heterocycles. The van der Waals surface area contributed by atoms with E-state index in [1.807, 2.05) is 0 Å². The van der Waals surface area contributed by atoms with E-state index in [0.29, 0.717) is 13.1 Å². The van der Waals surface area contributed by atoms with Gasteiger partial charge in [0.05, 0.1) is 6.04 Å². The topological polar surface area (TPSA) is 178 Å². The maximum Gasteiger partial charge on any atom is 0.186 e. The molecule has 0 bridgehead atoms. The molecule has 2 atom stereocenters. The number of aliphatic imine (C=N–C) groups is 1. The standard InChI is InChI=1S/C12H30N8S2/c13-5-1-9(19-11(15)16)3-7-21-22-8-4-10(2-6-14)20-12(17)18/h9-10H,1-8,13-14H2,(H4,15,16,19)(H4,17,18,20). The van der Waals surface area contributed by atoms with Gasteiger partial charge in [-0.1, -0.05) is 21.6 Å². The summed E-state index contributed by atoms with van der Waals surface area (Å²) in [6.07, 6.45) is 3.44. The lowest BCUT2D eigenvalue weighted by molar-refractivity contribution is 0.551. The molecule has 10 heteroatoms. The summed E-state index contributed by atoms with van der Waals surface area (Å²) in [7, 11) is 3.59. The van der Waals surface area contributed by atoms with Crippen LogP contribution in [-0.2, 0) is 0 Å². The van der Waals surface area contributed by atoms with E-state index < -0.39 is 0 Å². The lowest BCUT2D eigenvalue weighted by atomic mass is 10.1. The molecule has 8 nitrogen and oxygen atoms in total. The summed E-state index contributed by atoms with van der Waals surface area (Å²) in [5, 5.41) is 10.2. The van der Waals surface area contributed by atoms with Gasteiger partial charge in [-0.05, 0) is 38.8 Å². The smallest absolute Gasteiger partial charge is 0.186 e. The van der Waals surface area contributed by atoms with Crippen molar-refractivity contribution in [2.24, 2.45) is 33.7 Å². The van der Waals surface area contributed by atoms with Crippen LogP contribution in [0.15, 0.2) is 4.99 Å². The quantitative estimate of drug-likeness (QED) is 0.0989. The van der Waals surface area contributed by atoms with Crippen molar-refractivity contribution in [3.63, 3.8) is 0 Å². The lowest BCUT2D eigenvalue weighted by Gasteiger charge is -2.17. The molecule has 0 amide bonds. The summed E-state index contributed by atoms with van der Waals surface area (Å²) in [4.78, 5) is 4.18. The molecule has 0 fully saturated rings. The Morgan fingerprint density at radius 2 is 1.55 bits per heavy atom. The van der Waals surface area contributed by atoms with Crippen molar-refractivity contribution in [2.45, 2.75) is 37.8 Å². The summed E-state index contributed by atoms with van der Waals surface area (Å²) in [6, 6.07) is 0.273. The van der Waals surface area contributed by atoms with E-state index >= 15 is 0 Å². The number of nitrogens with zero attached hydrogens (tertiary/aromatic N) is 1. The summed E-state index contributed by atoms with van der Waals surface area (Å²) in [5.74, 6) is 2.06. The molecule has 12 N–H and O–H groups in total. The minimum atomic E-state index is -0.00188. The van der Waals surface area contributed by atoms with E-state index in [0.717, 1.165) is 37.2 Å². The molecule has 22 heavy (non-hydrogen) atoms. The van der Waals surface area contributed by atoms with Crippen LogP contribution in [0.1, 0.15) is 25.7 Å². The highest BCUT2D eigenvalue weighted by atomic mass is 33.1. The third kappa shape index (κ3) is 12.9. The second-order valence-corrected chi connectivity index (χ2v) is 7.54. The van der Waals surface area contributed by atoms with Gasteiger partial charge in [-0.25, -0.2) is 0 Å². The van der Waals surface area contributed by atoms with Crippen LogP contribution >= 0.6 is 21.6 Å². The molecule has 0 aromatic rings. The number of hydrogen-bond acceptors (Lipinski definition) is 6. The molecular formula is C12H30N8S2. The van der Waals surface area contributed by atoms with Gasteiger partial charge in [-0.15, -0.1) is 0 Å². The predicted octanol–water partition coefficient (Wildman–Crippen LogP) is -0.661. The van der Waals surface area contributed by atoms with Crippen molar-refractivity contribution in [2.75, 3.05) is 24.6 Å². The Morgan fingerprint density at radius 3 is 2.05 bits per heavy atom. The number of nitrogens with one attached hydrogen (secondary N) is 2. The zero-order valence-electron chi connectivity index (χ0n) is 13.0. The van der Waals surface area contributed by atoms with E-state index in [1.54, 1.807) is 21.6 Å². The highest BCUT2D eigenvalue weighted by Crippen LogP contribution is 2.24. The van der Waals surface area contributed by atoms with Crippen molar-refractivity contribution in [1.29, 1.82) is 5.41 Å². The van der Waals surface area contributed by atoms with Gasteiger partial charge in [0.15, 0.2) is 11.9 Å². The van der Waals surface area contributed by atoms with Crippen LogP contribution in [0.4, 0.5) is 0 Å². The molecular weight excluding hydrogens is 320 g/mol. The fourth-order valence-electron chi connectivity index (χ4n) is 1.88. The number of hydrogen-bond donors (Lipinski definition) is 7. The van der Waals surface area contributed by atoms with Gasteiger partial charge in [0.1, 0.15) is 0 Å². The first-order valence-electron chi connectivity index (χ1n) is 7.33. The van der Waals surface area contributed by atoms with Gasteiger partial charge in [0.2, 0.25) is 0 Å². The number of nitrogens with two attached hydrogens (primary N) is 5. The van der Waals surface area contributed by atoms with Crippen LogP contribution in [0.25, 0.3) is 0 Å². The maximum atomic E-state index is 7.26. The van der Waals surface area contributed by atoms with E-state index in [1.165, 1.54) is 0 Å². The van der Waals surface area contributed by atoms with Crippen molar-refractivity contribution in [3.8, 4) is 0 Å². The third-order valence-electron chi connectivity index (χ3n) is 2.87. The molecule has 0 spiro atoms.